The topological polar surface area (TPSA) is 57.6 Å². The number of hydrogen-bond acceptors (Lipinski definition) is 2. The number of rotatable bonds is 4. The molecule has 96 valence electrons. The number of nitrogens with zero attached hydrogens (tertiary/aromatic N) is 1. The average molecular weight is 312 g/mol. The highest BCUT2D eigenvalue weighted by atomic mass is 79.9. The summed E-state index contributed by atoms with van der Waals surface area (Å²) in [6.45, 7) is 1.46. The van der Waals surface area contributed by atoms with Crippen LogP contribution in [0, 0.1) is 0 Å². The minimum Gasteiger partial charge on any atom is -0.480 e. The van der Waals surface area contributed by atoms with Crippen molar-refractivity contribution >= 4 is 33.9 Å². The van der Waals surface area contributed by atoms with Gasteiger partial charge in [-0.15, -0.1) is 0 Å². The Hall–Kier alpha value is -1.62. The molecule has 0 fully saturated rings. The molecule has 0 aliphatic carbocycles. The smallest absolute Gasteiger partial charge is 0.326 e. The lowest BCUT2D eigenvalue weighted by Gasteiger charge is -2.19. The Bertz CT molecular complexity index is 485. The van der Waals surface area contributed by atoms with Crippen LogP contribution in [0.3, 0.4) is 0 Å². The van der Waals surface area contributed by atoms with E-state index < -0.39 is 12.0 Å². The van der Waals surface area contributed by atoms with Crippen LogP contribution < -0.4 is 0 Å². The molecule has 1 rings (SSSR count). The van der Waals surface area contributed by atoms with Crippen LogP contribution in [0.2, 0.25) is 0 Å². The Balaban J connectivity index is 2.76. The fraction of sp³-hybridized carbons (Fsp3) is 0.231. The molecule has 0 saturated carbocycles. The number of likely N-dealkylation sites (N-methyl/N-ethyl adjacent to an activating group) is 1. The Kier molecular flexibility index (Phi) is 5.09. The number of carbonyl (C=O) groups is 2. The van der Waals surface area contributed by atoms with Gasteiger partial charge >= 0.3 is 5.97 Å². The summed E-state index contributed by atoms with van der Waals surface area (Å²) in [6.07, 6.45) is 3.01. The van der Waals surface area contributed by atoms with Crippen molar-refractivity contribution in [1.29, 1.82) is 0 Å². The molecular weight excluding hydrogens is 298 g/mol. The zero-order chi connectivity index (χ0) is 13.7. The minimum absolute atomic E-state index is 0.347. The summed E-state index contributed by atoms with van der Waals surface area (Å²) in [4.78, 5) is 23.7. The maximum absolute atomic E-state index is 11.7. The van der Waals surface area contributed by atoms with Gasteiger partial charge in [0, 0.05) is 17.6 Å². The maximum atomic E-state index is 11.7. The first-order valence-electron chi connectivity index (χ1n) is 5.35. The molecule has 18 heavy (non-hydrogen) atoms. The van der Waals surface area contributed by atoms with Gasteiger partial charge in [-0.25, -0.2) is 4.79 Å². The van der Waals surface area contributed by atoms with Crippen molar-refractivity contribution in [3.63, 3.8) is 0 Å². The molecule has 0 aliphatic heterocycles. The van der Waals surface area contributed by atoms with Gasteiger partial charge in [0.2, 0.25) is 5.91 Å². The molecule has 0 saturated heterocycles. The Labute approximate surface area is 114 Å². The van der Waals surface area contributed by atoms with Gasteiger partial charge < -0.3 is 10.0 Å². The lowest BCUT2D eigenvalue weighted by Crippen LogP contribution is -2.39. The number of amides is 1. The molecule has 1 unspecified atom stereocenters. The molecule has 0 bridgehead atoms. The standard InChI is InChI=1S/C13H14BrNO3/c1-9(13(17)18)15(2)12(16)8-7-10-5-3-4-6-11(10)14/h3-9H,1-2H3,(H,17,18). The second kappa shape index (κ2) is 6.35. The summed E-state index contributed by atoms with van der Waals surface area (Å²) in [5.74, 6) is -1.37. The number of carboxylic acid groups (broad SMARTS) is 1. The van der Waals surface area contributed by atoms with Gasteiger partial charge in [0.15, 0.2) is 0 Å². The molecule has 1 N–H and O–H groups in total. The van der Waals surface area contributed by atoms with E-state index in [1.165, 1.54) is 24.9 Å². The van der Waals surface area contributed by atoms with E-state index in [1.807, 2.05) is 24.3 Å². The second-order valence-electron chi connectivity index (χ2n) is 3.82. The number of halogens is 1. The predicted octanol–water partition coefficient (Wildman–Crippen LogP) is 2.39. The minimum atomic E-state index is -1.03. The molecule has 0 aromatic heterocycles. The van der Waals surface area contributed by atoms with Crippen molar-refractivity contribution in [2.24, 2.45) is 0 Å². The van der Waals surface area contributed by atoms with Gasteiger partial charge in [0.1, 0.15) is 6.04 Å². The van der Waals surface area contributed by atoms with E-state index in [1.54, 1.807) is 6.08 Å². The summed E-state index contributed by atoms with van der Waals surface area (Å²) < 4.78 is 0.878. The summed E-state index contributed by atoms with van der Waals surface area (Å²) in [5, 5.41) is 8.81. The SMILES string of the molecule is CC(C(=O)O)N(C)C(=O)C=Cc1ccccc1Br. The fourth-order valence-electron chi connectivity index (χ4n) is 1.25. The van der Waals surface area contributed by atoms with Crippen LogP contribution in [0.25, 0.3) is 6.08 Å². The monoisotopic (exact) mass is 311 g/mol. The van der Waals surface area contributed by atoms with Crippen LogP contribution in [0.5, 0.6) is 0 Å². The number of carboxylic acids is 1. The quantitative estimate of drug-likeness (QED) is 0.869. The molecule has 0 radical (unpaired) electrons. The summed E-state index contributed by atoms with van der Waals surface area (Å²) in [7, 11) is 1.46. The summed E-state index contributed by atoms with van der Waals surface area (Å²) in [5.41, 5.74) is 0.863. The van der Waals surface area contributed by atoms with Crippen LogP contribution in [-0.2, 0) is 9.59 Å². The van der Waals surface area contributed by atoms with E-state index in [2.05, 4.69) is 15.9 Å². The van der Waals surface area contributed by atoms with Gasteiger partial charge in [-0.3, -0.25) is 4.79 Å². The van der Waals surface area contributed by atoms with E-state index in [9.17, 15) is 9.59 Å². The van der Waals surface area contributed by atoms with Crippen LogP contribution in [-0.4, -0.2) is 35.0 Å². The number of hydrogen-bond donors (Lipinski definition) is 1. The molecule has 1 atom stereocenters. The molecule has 0 aliphatic rings. The zero-order valence-electron chi connectivity index (χ0n) is 10.1. The Morgan fingerprint density at radius 3 is 2.56 bits per heavy atom. The Morgan fingerprint density at radius 2 is 2.00 bits per heavy atom. The first-order valence-corrected chi connectivity index (χ1v) is 6.15. The van der Waals surface area contributed by atoms with E-state index in [0.29, 0.717) is 0 Å². The molecule has 0 spiro atoms. The first-order chi connectivity index (χ1) is 8.43. The second-order valence-corrected chi connectivity index (χ2v) is 4.67. The van der Waals surface area contributed by atoms with Gasteiger partial charge in [-0.2, -0.15) is 0 Å². The van der Waals surface area contributed by atoms with Crippen molar-refractivity contribution in [2.45, 2.75) is 13.0 Å². The Morgan fingerprint density at radius 1 is 1.39 bits per heavy atom. The summed E-state index contributed by atoms with van der Waals surface area (Å²) in [6, 6.07) is 6.61. The van der Waals surface area contributed by atoms with Gasteiger partial charge in [-0.05, 0) is 24.6 Å². The largest absolute Gasteiger partial charge is 0.480 e. The van der Waals surface area contributed by atoms with Crippen molar-refractivity contribution in [3.05, 3.63) is 40.4 Å². The van der Waals surface area contributed by atoms with E-state index >= 15 is 0 Å². The van der Waals surface area contributed by atoms with E-state index in [0.717, 1.165) is 10.0 Å². The van der Waals surface area contributed by atoms with E-state index in [4.69, 9.17) is 5.11 Å². The first kappa shape index (κ1) is 14.4. The van der Waals surface area contributed by atoms with Crippen molar-refractivity contribution in [2.75, 3.05) is 7.05 Å². The number of carbonyl (C=O) groups excluding carboxylic acids is 1. The lowest BCUT2D eigenvalue weighted by atomic mass is 10.2. The molecular formula is C13H14BrNO3. The number of benzene rings is 1. The van der Waals surface area contributed by atoms with Gasteiger partial charge in [0.05, 0.1) is 0 Å². The third kappa shape index (κ3) is 3.70. The normalized spacial score (nSPS) is 12.4. The van der Waals surface area contributed by atoms with Crippen LogP contribution in [0.4, 0.5) is 0 Å². The maximum Gasteiger partial charge on any atom is 0.326 e. The molecule has 1 amide bonds. The molecule has 0 heterocycles. The molecule has 1 aromatic rings. The fourth-order valence-corrected chi connectivity index (χ4v) is 1.66. The van der Waals surface area contributed by atoms with Crippen molar-refractivity contribution in [1.82, 2.24) is 4.90 Å². The highest BCUT2D eigenvalue weighted by Gasteiger charge is 2.19. The predicted molar refractivity (Wildman–Crippen MR) is 73.0 cm³/mol. The zero-order valence-corrected chi connectivity index (χ0v) is 11.7. The molecule has 4 nitrogen and oxygen atoms in total. The van der Waals surface area contributed by atoms with Crippen molar-refractivity contribution in [3.8, 4) is 0 Å². The van der Waals surface area contributed by atoms with Crippen molar-refractivity contribution < 1.29 is 14.7 Å². The highest BCUT2D eigenvalue weighted by molar-refractivity contribution is 9.10. The van der Waals surface area contributed by atoms with Crippen LogP contribution in [0.15, 0.2) is 34.8 Å². The molecule has 5 heteroatoms. The van der Waals surface area contributed by atoms with Crippen LogP contribution >= 0.6 is 15.9 Å². The van der Waals surface area contributed by atoms with Crippen LogP contribution in [0.1, 0.15) is 12.5 Å². The molecule has 1 aromatic carbocycles. The third-order valence-electron chi connectivity index (χ3n) is 2.60. The van der Waals surface area contributed by atoms with Gasteiger partial charge in [-0.1, -0.05) is 34.1 Å². The highest BCUT2D eigenvalue weighted by Crippen LogP contribution is 2.17. The van der Waals surface area contributed by atoms with Gasteiger partial charge in [0.25, 0.3) is 0 Å². The summed E-state index contributed by atoms with van der Waals surface area (Å²) >= 11 is 3.37. The van der Waals surface area contributed by atoms with E-state index in [-0.39, 0.29) is 5.91 Å². The number of aliphatic carboxylic acids is 1. The lowest BCUT2D eigenvalue weighted by molar-refractivity contribution is -0.146. The third-order valence-corrected chi connectivity index (χ3v) is 3.32. The average Bonchev–Trinajstić information content (AvgIpc) is 2.35.